The maximum Gasteiger partial charge on any atom is 0.410 e. The van der Waals surface area contributed by atoms with Crippen LogP contribution in [0.5, 0.6) is 0 Å². The lowest BCUT2D eigenvalue weighted by Gasteiger charge is -2.52. The van der Waals surface area contributed by atoms with Gasteiger partial charge < -0.3 is 15.0 Å². The summed E-state index contributed by atoms with van der Waals surface area (Å²) in [6, 6.07) is 6.98. The Morgan fingerprint density at radius 3 is 2.33 bits per heavy atom. The largest absolute Gasteiger partial charge is 0.444 e. The molecule has 1 spiro atoms. The van der Waals surface area contributed by atoms with Crippen LogP contribution in [-0.2, 0) is 4.74 Å². The van der Waals surface area contributed by atoms with E-state index in [1.807, 2.05) is 25.7 Å². The van der Waals surface area contributed by atoms with Crippen molar-refractivity contribution < 1.29 is 13.9 Å². The molecule has 1 amide bonds. The van der Waals surface area contributed by atoms with Crippen LogP contribution in [0.2, 0.25) is 0 Å². The molecule has 132 valence electrons. The van der Waals surface area contributed by atoms with E-state index in [9.17, 15) is 9.18 Å². The lowest BCUT2D eigenvalue weighted by atomic mass is 9.60. The van der Waals surface area contributed by atoms with Crippen LogP contribution in [0.15, 0.2) is 24.3 Å². The van der Waals surface area contributed by atoms with Gasteiger partial charge in [0.05, 0.1) is 0 Å². The quantitative estimate of drug-likeness (QED) is 0.870. The van der Waals surface area contributed by atoms with E-state index in [1.165, 1.54) is 12.1 Å². The van der Waals surface area contributed by atoms with Crippen molar-refractivity contribution in [3.63, 3.8) is 0 Å². The number of amides is 1. The predicted octanol–water partition coefficient (Wildman–Crippen LogP) is 4.42. The number of piperidine rings is 1. The number of nitrogens with zero attached hydrogens (tertiary/aromatic N) is 1. The second-order valence-corrected chi connectivity index (χ2v) is 8.22. The highest BCUT2D eigenvalue weighted by atomic mass is 19.1. The Labute approximate surface area is 143 Å². The summed E-state index contributed by atoms with van der Waals surface area (Å²) in [7, 11) is 0. The topological polar surface area (TPSA) is 41.6 Å². The minimum absolute atomic E-state index is 0.197. The number of ether oxygens (including phenoxy) is 1. The van der Waals surface area contributed by atoms with Gasteiger partial charge in [-0.2, -0.15) is 0 Å². The Bertz CT molecular complexity index is 578. The molecule has 1 aromatic carbocycles. The minimum atomic E-state index is -0.438. The van der Waals surface area contributed by atoms with Crippen LogP contribution < -0.4 is 5.32 Å². The summed E-state index contributed by atoms with van der Waals surface area (Å²) in [5.74, 6) is -0.208. The van der Waals surface area contributed by atoms with E-state index >= 15 is 0 Å². The highest BCUT2D eigenvalue weighted by Crippen LogP contribution is 2.50. The predicted molar refractivity (Wildman–Crippen MR) is 92.5 cm³/mol. The molecule has 2 fully saturated rings. The summed E-state index contributed by atoms with van der Waals surface area (Å²) < 4.78 is 18.4. The maximum atomic E-state index is 12.9. The molecule has 1 N–H and O–H groups in total. The van der Waals surface area contributed by atoms with Gasteiger partial charge in [0.15, 0.2) is 0 Å². The first-order valence-corrected chi connectivity index (χ1v) is 8.75. The molecule has 0 radical (unpaired) electrons. The summed E-state index contributed by atoms with van der Waals surface area (Å²) >= 11 is 0. The van der Waals surface area contributed by atoms with E-state index in [-0.39, 0.29) is 11.9 Å². The number of nitrogens with one attached hydrogen (secondary N) is 1. The van der Waals surface area contributed by atoms with Crippen LogP contribution in [0, 0.1) is 11.2 Å². The first kappa shape index (κ1) is 17.1. The third-order valence-corrected chi connectivity index (χ3v) is 5.05. The molecule has 5 heteroatoms. The third kappa shape index (κ3) is 4.00. The van der Waals surface area contributed by atoms with E-state index in [2.05, 4.69) is 5.32 Å². The van der Waals surface area contributed by atoms with Gasteiger partial charge in [-0.05, 0) is 76.1 Å². The second kappa shape index (κ2) is 6.26. The van der Waals surface area contributed by atoms with Crippen molar-refractivity contribution in [1.82, 2.24) is 4.90 Å². The molecule has 1 saturated heterocycles. The molecule has 4 nitrogen and oxygen atoms in total. The number of hydrogen-bond donors (Lipinski definition) is 1. The Kier molecular flexibility index (Phi) is 4.45. The van der Waals surface area contributed by atoms with Crippen LogP contribution in [0.4, 0.5) is 14.9 Å². The number of anilines is 1. The summed E-state index contributed by atoms with van der Waals surface area (Å²) in [6.07, 6.45) is 4.11. The molecule has 0 unspecified atom stereocenters. The molecule has 0 bridgehead atoms. The van der Waals surface area contributed by atoms with Crippen molar-refractivity contribution in [2.75, 3.05) is 18.4 Å². The molecule has 1 heterocycles. The zero-order chi connectivity index (χ0) is 17.4. The van der Waals surface area contributed by atoms with Gasteiger partial charge in [-0.15, -0.1) is 0 Å². The fourth-order valence-electron chi connectivity index (χ4n) is 3.77. The normalized spacial score (nSPS) is 20.6. The van der Waals surface area contributed by atoms with Gasteiger partial charge >= 0.3 is 6.09 Å². The fraction of sp³-hybridized carbons (Fsp3) is 0.632. The monoisotopic (exact) mass is 334 g/mol. The SMILES string of the molecule is CC(C)(C)OC(=O)N1CCC2(CC1)CC(Nc1ccc(F)cc1)C2. The van der Waals surface area contributed by atoms with Gasteiger partial charge in [0.25, 0.3) is 0 Å². The zero-order valence-electron chi connectivity index (χ0n) is 14.8. The van der Waals surface area contributed by atoms with Gasteiger partial charge in [0.1, 0.15) is 11.4 Å². The first-order valence-electron chi connectivity index (χ1n) is 8.75. The zero-order valence-corrected chi connectivity index (χ0v) is 14.8. The number of likely N-dealkylation sites (tertiary alicyclic amines) is 1. The number of carbonyl (C=O) groups is 1. The van der Waals surface area contributed by atoms with Crippen LogP contribution in [0.25, 0.3) is 0 Å². The van der Waals surface area contributed by atoms with E-state index in [1.54, 1.807) is 12.1 Å². The Morgan fingerprint density at radius 1 is 1.21 bits per heavy atom. The lowest BCUT2D eigenvalue weighted by Crippen LogP contribution is -2.53. The van der Waals surface area contributed by atoms with Crippen LogP contribution in [-0.4, -0.2) is 35.7 Å². The van der Waals surface area contributed by atoms with Gasteiger partial charge in [-0.25, -0.2) is 9.18 Å². The standard InChI is InChI=1S/C19H27FN2O2/c1-18(2,3)24-17(23)22-10-8-19(9-11-22)12-16(13-19)21-15-6-4-14(20)5-7-15/h4-7,16,21H,8-13H2,1-3H3. The molecule has 2 aliphatic rings. The fourth-order valence-corrected chi connectivity index (χ4v) is 3.77. The number of hydrogen-bond acceptors (Lipinski definition) is 3. The second-order valence-electron chi connectivity index (χ2n) is 8.22. The number of halogens is 1. The van der Waals surface area contributed by atoms with Crippen molar-refractivity contribution in [2.24, 2.45) is 5.41 Å². The maximum absolute atomic E-state index is 12.9. The van der Waals surface area contributed by atoms with Crippen molar-refractivity contribution in [2.45, 2.75) is 58.1 Å². The number of rotatable bonds is 2. The molecule has 0 aromatic heterocycles. The van der Waals surface area contributed by atoms with Crippen molar-refractivity contribution in [1.29, 1.82) is 0 Å². The molecule has 1 saturated carbocycles. The van der Waals surface area contributed by atoms with Gasteiger partial charge in [-0.1, -0.05) is 0 Å². The Morgan fingerprint density at radius 2 is 1.79 bits per heavy atom. The number of benzene rings is 1. The molecular formula is C19H27FN2O2. The van der Waals surface area contributed by atoms with Crippen molar-refractivity contribution in [3.05, 3.63) is 30.1 Å². The smallest absolute Gasteiger partial charge is 0.410 e. The summed E-state index contributed by atoms with van der Waals surface area (Å²) in [6.45, 7) is 7.24. The van der Waals surface area contributed by atoms with E-state index < -0.39 is 5.60 Å². The molecule has 1 aliphatic heterocycles. The van der Waals surface area contributed by atoms with Crippen molar-refractivity contribution >= 4 is 11.8 Å². The van der Waals surface area contributed by atoms with Crippen LogP contribution >= 0.6 is 0 Å². The van der Waals surface area contributed by atoms with E-state index in [0.717, 1.165) is 44.5 Å². The summed E-state index contributed by atoms with van der Waals surface area (Å²) in [5.41, 5.74) is 0.894. The van der Waals surface area contributed by atoms with Gasteiger partial charge in [0, 0.05) is 24.8 Å². The molecular weight excluding hydrogens is 307 g/mol. The third-order valence-electron chi connectivity index (χ3n) is 5.05. The molecule has 24 heavy (non-hydrogen) atoms. The van der Waals surface area contributed by atoms with E-state index in [0.29, 0.717) is 11.5 Å². The van der Waals surface area contributed by atoms with Crippen LogP contribution in [0.1, 0.15) is 46.5 Å². The minimum Gasteiger partial charge on any atom is -0.444 e. The van der Waals surface area contributed by atoms with E-state index in [4.69, 9.17) is 4.74 Å². The Balaban J connectivity index is 1.45. The average molecular weight is 334 g/mol. The van der Waals surface area contributed by atoms with Crippen molar-refractivity contribution in [3.8, 4) is 0 Å². The summed E-state index contributed by atoms with van der Waals surface area (Å²) in [5, 5.41) is 3.47. The Hall–Kier alpha value is -1.78. The highest BCUT2D eigenvalue weighted by Gasteiger charge is 2.46. The number of carbonyl (C=O) groups excluding carboxylic acids is 1. The van der Waals surface area contributed by atoms with Gasteiger partial charge in [0.2, 0.25) is 0 Å². The molecule has 3 rings (SSSR count). The molecule has 0 atom stereocenters. The first-order chi connectivity index (χ1) is 11.2. The highest BCUT2D eigenvalue weighted by molar-refractivity contribution is 5.68. The average Bonchev–Trinajstić information content (AvgIpc) is 2.47. The van der Waals surface area contributed by atoms with Gasteiger partial charge in [-0.3, -0.25) is 0 Å². The lowest BCUT2D eigenvalue weighted by molar-refractivity contribution is -0.00859. The summed E-state index contributed by atoms with van der Waals surface area (Å²) in [4.78, 5) is 14.0. The molecule has 1 aromatic rings. The van der Waals surface area contributed by atoms with Crippen LogP contribution in [0.3, 0.4) is 0 Å². The molecule has 1 aliphatic carbocycles.